The summed E-state index contributed by atoms with van der Waals surface area (Å²) in [6, 6.07) is 15.1. The molecule has 6 nitrogen and oxygen atoms in total. The molecule has 2 aromatic heterocycles. The minimum Gasteiger partial charge on any atom is -0.494 e. The Balaban J connectivity index is 1.66. The molecule has 0 aliphatic carbocycles. The van der Waals surface area contributed by atoms with Crippen LogP contribution in [0, 0.1) is 0 Å². The highest BCUT2D eigenvalue weighted by Crippen LogP contribution is 2.21. The Bertz CT molecular complexity index is 1280. The number of fused-ring (bicyclic) bond motifs is 1. The van der Waals surface area contributed by atoms with Gasteiger partial charge in [0.25, 0.3) is 5.56 Å². The lowest BCUT2D eigenvalue weighted by atomic mass is 10.2. The zero-order valence-electron chi connectivity index (χ0n) is 16.6. The number of thiazole rings is 1. The number of hydrogen-bond donors (Lipinski definition) is 0. The van der Waals surface area contributed by atoms with Crippen molar-refractivity contribution in [2.75, 3.05) is 13.2 Å². The smallest absolute Gasteiger partial charge is 0.291 e. The van der Waals surface area contributed by atoms with E-state index in [0.29, 0.717) is 34.3 Å². The van der Waals surface area contributed by atoms with Crippen LogP contribution >= 0.6 is 11.3 Å². The van der Waals surface area contributed by atoms with Crippen molar-refractivity contribution in [1.29, 1.82) is 0 Å². The van der Waals surface area contributed by atoms with Crippen LogP contribution in [0.25, 0.3) is 22.4 Å². The molecule has 4 rings (SSSR count). The number of hydrogen-bond acceptors (Lipinski definition) is 6. The highest BCUT2D eigenvalue weighted by molar-refractivity contribution is 7.15. The normalized spacial score (nSPS) is 11.7. The first-order chi connectivity index (χ1) is 14.7. The maximum absolute atomic E-state index is 12.8. The molecule has 4 aromatic rings. The summed E-state index contributed by atoms with van der Waals surface area (Å²) in [6.07, 6.45) is 4.45. The highest BCUT2D eigenvalue weighted by Gasteiger charge is 2.12. The first-order valence-electron chi connectivity index (χ1n) is 9.67. The molecule has 0 aliphatic rings. The molecular formula is C23H21N3O3S. The third-order valence-corrected chi connectivity index (χ3v) is 5.29. The molecule has 30 heavy (non-hydrogen) atoms. The summed E-state index contributed by atoms with van der Waals surface area (Å²) in [7, 11) is 0. The van der Waals surface area contributed by atoms with E-state index >= 15 is 0 Å². The molecule has 7 heteroatoms. The predicted octanol–water partition coefficient (Wildman–Crippen LogP) is 3.72. The molecular weight excluding hydrogens is 398 g/mol. The molecule has 2 aromatic carbocycles. The summed E-state index contributed by atoms with van der Waals surface area (Å²) >= 11 is 1.30. The van der Waals surface area contributed by atoms with Gasteiger partial charge in [0.15, 0.2) is 5.82 Å². The quantitative estimate of drug-likeness (QED) is 0.407. The van der Waals surface area contributed by atoms with E-state index in [2.05, 4.69) is 23.6 Å². The van der Waals surface area contributed by atoms with Gasteiger partial charge in [-0.1, -0.05) is 49.1 Å². The standard InChI is InChI=1S/C23H21N3O3S/c1-3-13-28-18-11-9-16(10-12-18)21-24-23-26(25-21)22(27)20(30-23)15-17-7-5-6-8-19(17)29-14-4-2/h4-12,15H,2-3,13-14H2,1H3/b20-15+. The Hall–Kier alpha value is -3.45. The maximum Gasteiger partial charge on any atom is 0.291 e. The minimum atomic E-state index is -0.199. The monoisotopic (exact) mass is 419 g/mol. The van der Waals surface area contributed by atoms with Crippen molar-refractivity contribution in [3.63, 3.8) is 0 Å². The lowest BCUT2D eigenvalue weighted by Gasteiger charge is -2.05. The average molecular weight is 420 g/mol. The van der Waals surface area contributed by atoms with E-state index in [4.69, 9.17) is 9.47 Å². The van der Waals surface area contributed by atoms with Gasteiger partial charge in [0, 0.05) is 11.1 Å². The average Bonchev–Trinajstić information content (AvgIpc) is 3.31. The van der Waals surface area contributed by atoms with Gasteiger partial charge in [-0.25, -0.2) is 0 Å². The molecule has 0 atom stereocenters. The van der Waals surface area contributed by atoms with Gasteiger partial charge < -0.3 is 9.47 Å². The van der Waals surface area contributed by atoms with Crippen LogP contribution in [-0.4, -0.2) is 27.8 Å². The largest absolute Gasteiger partial charge is 0.494 e. The predicted molar refractivity (Wildman–Crippen MR) is 119 cm³/mol. The van der Waals surface area contributed by atoms with Crippen molar-refractivity contribution < 1.29 is 9.47 Å². The number of nitrogens with zero attached hydrogens (tertiary/aromatic N) is 3. The number of rotatable bonds is 8. The lowest BCUT2D eigenvalue weighted by Crippen LogP contribution is -2.23. The molecule has 2 heterocycles. The summed E-state index contributed by atoms with van der Waals surface area (Å²) in [6.45, 7) is 6.81. The van der Waals surface area contributed by atoms with Crippen LogP contribution in [0.15, 0.2) is 66.0 Å². The fourth-order valence-electron chi connectivity index (χ4n) is 2.90. The molecule has 0 N–H and O–H groups in total. The van der Waals surface area contributed by atoms with E-state index in [0.717, 1.165) is 23.3 Å². The second-order valence-electron chi connectivity index (χ2n) is 6.56. The minimum absolute atomic E-state index is 0.199. The molecule has 0 aliphatic heterocycles. The van der Waals surface area contributed by atoms with E-state index in [1.165, 1.54) is 15.9 Å². The summed E-state index contributed by atoms with van der Waals surface area (Å²) in [4.78, 5) is 17.9. The van der Waals surface area contributed by atoms with E-state index < -0.39 is 0 Å². The van der Waals surface area contributed by atoms with Crippen LogP contribution in [0.4, 0.5) is 0 Å². The van der Waals surface area contributed by atoms with E-state index in [1.54, 1.807) is 12.2 Å². The van der Waals surface area contributed by atoms with Gasteiger partial charge in [0.2, 0.25) is 4.96 Å². The van der Waals surface area contributed by atoms with Crippen molar-refractivity contribution in [3.8, 4) is 22.9 Å². The first-order valence-corrected chi connectivity index (χ1v) is 10.5. The molecule has 152 valence electrons. The number of aromatic nitrogens is 3. The van der Waals surface area contributed by atoms with Crippen molar-refractivity contribution in [2.24, 2.45) is 0 Å². The topological polar surface area (TPSA) is 65.7 Å². The second-order valence-corrected chi connectivity index (χ2v) is 7.57. The summed E-state index contributed by atoms with van der Waals surface area (Å²) in [5.74, 6) is 2.02. The Kier molecular flexibility index (Phi) is 5.90. The van der Waals surface area contributed by atoms with Gasteiger partial charge in [0.1, 0.15) is 18.1 Å². The molecule has 0 unspecified atom stereocenters. The fraction of sp³-hybridized carbons (Fsp3) is 0.174. The first kappa shape index (κ1) is 19.8. The maximum atomic E-state index is 12.8. The van der Waals surface area contributed by atoms with Gasteiger partial charge in [-0.05, 0) is 42.8 Å². The Morgan fingerprint density at radius 1 is 1.13 bits per heavy atom. The fourth-order valence-corrected chi connectivity index (χ4v) is 3.80. The van der Waals surface area contributed by atoms with Crippen LogP contribution in [-0.2, 0) is 0 Å². The van der Waals surface area contributed by atoms with Crippen LogP contribution in [0.2, 0.25) is 0 Å². The van der Waals surface area contributed by atoms with E-state index in [-0.39, 0.29) is 5.56 Å². The van der Waals surface area contributed by atoms with Gasteiger partial charge in [-0.15, -0.1) is 5.10 Å². The Labute approximate surface area is 177 Å². The van der Waals surface area contributed by atoms with Gasteiger partial charge >= 0.3 is 0 Å². The van der Waals surface area contributed by atoms with Crippen molar-refractivity contribution in [1.82, 2.24) is 14.6 Å². The third-order valence-electron chi connectivity index (χ3n) is 4.33. The molecule has 0 amide bonds. The summed E-state index contributed by atoms with van der Waals surface area (Å²) in [5, 5.41) is 4.41. The molecule has 0 saturated carbocycles. The van der Waals surface area contributed by atoms with Crippen molar-refractivity contribution in [3.05, 3.63) is 81.6 Å². The molecule has 0 bridgehead atoms. The lowest BCUT2D eigenvalue weighted by molar-refractivity contribution is 0.317. The van der Waals surface area contributed by atoms with E-state index in [1.807, 2.05) is 48.5 Å². The van der Waals surface area contributed by atoms with Crippen LogP contribution in [0.5, 0.6) is 11.5 Å². The van der Waals surface area contributed by atoms with Crippen molar-refractivity contribution >= 4 is 22.4 Å². The van der Waals surface area contributed by atoms with Gasteiger partial charge in [0.05, 0.1) is 11.1 Å². The highest BCUT2D eigenvalue weighted by atomic mass is 32.1. The van der Waals surface area contributed by atoms with Gasteiger partial charge in [-0.3, -0.25) is 4.79 Å². The van der Waals surface area contributed by atoms with E-state index in [9.17, 15) is 4.79 Å². The SMILES string of the molecule is C=CCOc1ccccc1/C=c1/sc2nc(-c3ccc(OCCC)cc3)nn2c1=O. The molecule has 0 fully saturated rings. The van der Waals surface area contributed by atoms with Gasteiger partial charge in [-0.2, -0.15) is 9.50 Å². The molecule has 0 radical (unpaired) electrons. The van der Waals surface area contributed by atoms with Crippen LogP contribution in [0.1, 0.15) is 18.9 Å². The summed E-state index contributed by atoms with van der Waals surface area (Å²) < 4.78 is 13.2. The number of para-hydroxylation sites is 1. The second kappa shape index (κ2) is 8.92. The Morgan fingerprint density at radius 3 is 2.67 bits per heavy atom. The van der Waals surface area contributed by atoms with Crippen LogP contribution < -0.4 is 19.6 Å². The number of benzene rings is 2. The Morgan fingerprint density at radius 2 is 1.93 bits per heavy atom. The van der Waals surface area contributed by atoms with Crippen LogP contribution in [0.3, 0.4) is 0 Å². The third kappa shape index (κ3) is 4.11. The van der Waals surface area contributed by atoms with Crippen molar-refractivity contribution in [2.45, 2.75) is 13.3 Å². The zero-order valence-corrected chi connectivity index (χ0v) is 17.4. The molecule has 0 saturated heterocycles. The summed E-state index contributed by atoms with van der Waals surface area (Å²) in [5.41, 5.74) is 1.46. The molecule has 0 spiro atoms. The number of ether oxygens (including phenoxy) is 2. The zero-order chi connectivity index (χ0) is 20.9.